The van der Waals surface area contributed by atoms with Crippen LogP contribution in [0.15, 0.2) is 41.3 Å². The van der Waals surface area contributed by atoms with E-state index in [9.17, 15) is 14.0 Å². The van der Waals surface area contributed by atoms with Gasteiger partial charge in [-0.3, -0.25) is 9.59 Å². The van der Waals surface area contributed by atoms with Crippen LogP contribution in [0.1, 0.15) is 10.4 Å². The number of pyridine rings is 1. The summed E-state index contributed by atoms with van der Waals surface area (Å²) in [7, 11) is 0. The number of aromatic amines is 1. The number of hydrogen-bond acceptors (Lipinski definition) is 2. The molecule has 80 valence electrons. The van der Waals surface area contributed by atoms with Gasteiger partial charge < -0.3 is 4.98 Å². The van der Waals surface area contributed by atoms with E-state index in [-0.39, 0.29) is 16.9 Å². The third-order valence-corrected chi connectivity index (χ3v) is 2.22. The number of H-pyrrole nitrogens is 1. The maximum atomic E-state index is 13.0. The maximum Gasteiger partial charge on any atom is 0.248 e. The lowest BCUT2D eigenvalue weighted by Gasteiger charge is -2.03. The summed E-state index contributed by atoms with van der Waals surface area (Å²) in [5, 5.41) is 0. The zero-order valence-corrected chi connectivity index (χ0v) is 8.24. The zero-order chi connectivity index (χ0) is 11.5. The Hall–Kier alpha value is -2.23. The van der Waals surface area contributed by atoms with E-state index in [1.807, 2.05) is 0 Å². The van der Waals surface area contributed by atoms with Gasteiger partial charge in [-0.2, -0.15) is 0 Å². The summed E-state index contributed by atoms with van der Waals surface area (Å²) in [6, 6.07) is 7.03. The molecule has 1 aromatic carbocycles. The molecule has 4 heteroatoms. The van der Waals surface area contributed by atoms with Crippen molar-refractivity contribution in [3.05, 3.63) is 58.3 Å². The quantitative estimate of drug-likeness (QED) is 0.782. The van der Waals surface area contributed by atoms with Crippen molar-refractivity contribution in [2.24, 2.45) is 0 Å². The lowest BCUT2D eigenvalue weighted by atomic mass is 10.0. The summed E-state index contributed by atoms with van der Waals surface area (Å²) in [6.07, 6.45) is 1.98. The molecule has 0 amide bonds. The van der Waals surface area contributed by atoms with Crippen LogP contribution in [-0.4, -0.2) is 11.3 Å². The first-order chi connectivity index (χ1) is 7.70. The van der Waals surface area contributed by atoms with Crippen molar-refractivity contribution in [1.82, 2.24) is 4.98 Å². The van der Waals surface area contributed by atoms with Crippen LogP contribution < -0.4 is 5.56 Å². The number of rotatable bonds is 2. The molecule has 1 N–H and O–H groups in total. The monoisotopic (exact) mass is 217 g/mol. The molecular formula is C12H8FNO2. The van der Waals surface area contributed by atoms with Crippen molar-refractivity contribution in [1.29, 1.82) is 0 Å². The van der Waals surface area contributed by atoms with Crippen molar-refractivity contribution in [2.45, 2.75) is 0 Å². The minimum Gasteiger partial charge on any atom is -0.328 e. The van der Waals surface area contributed by atoms with Gasteiger partial charge in [0.25, 0.3) is 0 Å². The fourth-order valence-electron chi connectivity index (χ4n) is 1.49. The molecule has 0 aliphatic rings. The molecule has 0 aliphatic heterocycles. The molecule has 16 heavy (non-hydrogen) atoms. The molecular weight excluding hydrogens is 209 g/mol. The number of nitrogens with one attached hydrogen (secondary N) is 1. The van der Waals surface area contributed by atoms with Crippen LogP contribution in [0, 0.1) is 5.82 Å². The molecule has 3 nitrogen and oxygen atoms in total. The lowest BCUT2D eigenvalue weighted by Crippen LogP contribution is -2.06. The summed E-state index contributed by atoms with van der Waals surface area (Å²) < 4.78 is 13.0. The summed E-state index contributed by atoms with van der Waals surface area (Å²) in [6.45, 7) is 0. The maximum absolute atomic E-state index is 13.0. The van der Waals surface area contributed by atoms with Gasteiger partial charge in [0, 0.05) is 23.4 Å². The highest BCUT2D eigenvalue weighted by atomic mass is 19.1. The number of benzene rings is 1. The molecule has 0 saturated carbocycles. The van der Waals surface area contributed by atoms with Crippen LogP contribution in [0.25, 0.3) is 11.1 Å². The van der Waals surface area contributed by atoms with E-state index in [0.717, 1.165) is 0 Å². The smallest absolute Gasteiger partial charge is 0.248 e. The minimum absolute atomic E-state index is 0.245. The lowest BCUT2D eigenvalue weighted by molar-refractivity contribution is 0.112. The third-order valence-electron chi connectivity index (χ3n) is 2.22. The largest absolute Gasteiger partial charge is 0.328 e. The van der Waals surface area contributed by atoms with E-state index < -0.39 is 0 Å². The predicted octanol–water partition coefficient (Wildman–Crippen LogP) is 1.99. The predicted molar refractivity (Wildman–Crippen MR) is 57.8 cm³/mol. The van der Waals surface area contributed by atoms with E-state index in [2.05, 4.69) is 4.98 Å². The van der Waals surface area contributed by atoms with E-state index in [1.54, 1.807) is 12.1 Å². The normalized spacial score (nSPS) is 10.1. The number of halogens is 1. The van der Waals surface area contributed by atoms with Crippen LogP contribution in [0.5, 0.6) is 0 Å². The van der Waals surface area contributed by atoms with Gasteiger partial charge in [-0.05, 0) is 17.7 Å². The zero-order valence-electron chi connectivity index (χ0n) is 8.24. The van der Waals surface area contributed by atoms with Crippen LogP contribution >= 0.6 is 0 Å². The molecule has 0 fully saturated rings. The Bertz CT molecular complexity index is 590. The molecule has 1 heterocycles. The highest BCUT2D eigenvalue weighted by molar-refractivity contribution is 5.86. The number of carbonyl (C=O) groups is 1. The van der Waals surface area contributed by atoms with Gasteiger partial charge in [0.15, 0.2) is 6.29 Å². The Balaban J connectivity index is 2.64. The van der Waals surface area contributed by atoms with Crippen LogP contribution in [0.2, 0.25) is 0 Å². The highest BCUT2D eigenvalue weighted by Gasteiger charge is 2.05. The van der Waals surface area contributed by atoms with E-state index in [4.69, 9.17) is 0 Å². The highest BCUT2D eigenvalue weighted by Crippen LogP contribution is 2.21. The van der Waals surface area contributed by atoms with Crippen LogP contribution in [0.3, 0.4) is 0 Å². The van der Waals surface area contributed by atoms with E-state index in [1.165, 1.54) is 24.4 Å². The molecule has 0 radical (unpaired) electrons. The van der Waals surface area contributed by atoms with Gasteiger partial charge in [-0.1, -0.05) is 12.1 Å². The number of aromatic nitrogens is 1. The van der Waals surface area contributed by atoms with Gasteiger partial charge in [0.1, 0.15) is 5.82 Å². The summed E-state index contributed by atoms with van der Waals surface area (Å²) in [4.78, 5) is 24.3. The van der Waals surface area contributed by atoms with Crippen molar-refractivity contribution in [3.63, 3.8) is 0 Å². The third kappa shape index (κ3) is 1.91. The van der Waals surface area contributed by atoms with Crippen molar-refractivity contribution in [3.8, 4) is 11.1 Å². The first-order valence-electron chi connectivity index (χ1n) is 4.64. The Labute approximate surface area is 90.6 Å². The second kappa shape index (κ2) is 4.10. The first kappa shape index (κ1) is 10.3. The average Bonchev–Trinajstić information content (AvgIpc) is 2.28. The van der Waals surface area contributed by atoms with Crippen molar-refractivity contribution < 1.29 is 9.18 Å². The first-order valence-corrected chi connectivity index (χ1v) is 4.64. The summed E-state index contributed by atoms with van der Waals surface area (Å²) in [5.74, 6) is -0.388. The number of hydrogen-bond donors (Lipinski definition) is 1. The molecule has 0 saturated heterocycles. The fourth-order valence-corrected chi connectivity index (χ4v) is 1.49. The SMILES string of the molecule is O=Cc1cc(=O)[nH]cc1-c1cccc(F)c1. The van der Waals surface area contributed by atoms with Gasteiger partial charge in [-0.25, -0.2) is 4.39 Å². The fraction of sp³-hybridized carbons (Fsp3) is 0. The molecule has 0 spiro atoms. The van der Waals surface area contributed by atoms with E-state index in [0.29, 0.717) is 17.4 Å². The van der Waals surface area contributed by atoms with Gasteiger partial charge in [0.2, 0.25) is 5.56 Å². The molecule has 1 aromatic heterocycles. The molecule has 0 unspecified atom stereocenters. The van der Waals surface area contributed by atoms with Gasteiger partial charge in [0.05, 0.1) is 0 Å². The van der Waals surface area contributed by atoms with Crippen molar-refractivity contribution >= 4 is 6.29 Å². The Morgan fingerprint density at radius 1 is 1.25 bits per heavy atom. The number of aldehydes is 1. The van der Waals surface area contributed by atoms with E-state index >= 15 is 0 Å². The second-order valence-corrected chi connectivity index (χ2v) is 3.29. The molecule has 2 aromatic rings. The van der Waals surface area contributed by atoms with Gasteiger partial charge >= 0.3 is 0 Å². The topological polar surface area (TPSA) is 49.9 Å². The Morgan fingerprint density at radius 2 is 2.06 bits per heavy atom. The average molecular weight is 217 g/mol. The molecule has 0 aliphatic carbocycles. The molecule has 2 rings (SSSR count). The van der Waals surface area contributed by atoms with Crippen molar-refractivity contribution in [2.75, 3.05) is 0 Å². The number of carbonyl (C=O) groups excluding carboxylic acids is 1. The standard InChI is InChI=1S/C12H8FNO2/c13-10-3-1-2-8(4-10)11-6-14-12(16)5-9(11)7-15/h1-7H,(H,14,16). The summed E-state index contributed by atoms with van der Waals surface area (Å²) in [5.41, 5.74) is 0.948. The molecule has 0 atom stereocenters. The second-order valence-electron chi connectivity index (χ2n) is 3.29. The Morgan fingerprint density at radius 3 is 2.75 bits per heavy atom. The Kier molecular flexibility index (Phi) is 2.64. The summed E-state index contributed by atoms with van der Waals surface area (Å²) >= 11 is 0. The van der Waals surface area contributed by atoms with Crippen LogP contribution in [-0.2, 0) is 0 Å². The minimum atomic E-state index is -0.388. The van der Waals surface area contributed by atoms with Crippen LogP contribution in [0.4, 0.5) is 4.39 Å². The van der Waals surface area contributed by atoms with Gasteiger partial charge in [-0.15, -0.1) is 0 Å². The molecule has 0 bridgehead atoms.